The minimum atomic E-state index is -4.60. The van der Waals surface area contributed by atoms with Gasteiger partial charge in [-0.2, -0.15) is 39.5 Å². The summed E-state index contributed by atoms with van der Waals surface area (Å²) in [6, 6.07) is 0. The standard InChI is InChI=1S/C8H14F4.C5H7F5.C4H6F4.CH3F/c1-2-4-7(5-3-6-9)8(10,11)12;6-2-1-4(3-7)5(8,9)10;5-3-1-2-4(6,7)8;1-2/h7H,2-6H2,1H3;4H,1-3H2;1-3H2;1H3. The topological polar surface area (TPSA) is 0 Å². The summed E-state index contributed by atoms with van der Waals surface area (Å²) < 4.78 is 159. The van der Waals surface area contributed by atoms with Gasteiger partial charge < -0.3 is 0 Å². The van der Waals surface area contributed by atoms with Crippen LogP contribution >= 0.6 is 0 Å². The molecular formula is C18H30F14. The molecule has 0 aromatic heterocycles. The van der Waals surface area contributed by atoms with Crippen LogP contribution in [0.5, 0.6) is 0 Å². The van der Waals surface area contributed by atoms with Gasteiger partial charge in [0.15, 0.2) is 0 Å². The van der Waals surface area contributed by atoms with Gasteiger partial charge in [0.05, 0.1) is 39.0 Å². The van der Waals surface area contributed by atoms with Crippen molar-refractivity contribution in [2.45, 2.75) is 70.4 Å². The summed E-state index contributed by atoms with van der Waals surface area (Å²) in [5.74, 6) is -3.43. The summed E-state index contributed by atoms with van der Waals surface area (Å²) >= 11 is 0. The van der Waals surface area contributed by atoms with E-state index in [-0.39, 0.29) is 19.3 Å². The van der Waals surface area contributed by atoms with E-state index in [0.717, 1.165) is 0 Å². The lowest BCUT2D eigenvalue weighted by molar-refractivity contribution is -0.181. The van der Waals surface area contributed by atoms with Gasteiger partial charge in [-0.15, -0.1) is 0 Å². The summed E-state index contributed by atoms with van der Waals surface area (Å²) in [5, 5.41) is 0. The molecule has 0 saturated heterocycles. The molecule has 0 aromatic rings. The summed E-state index contributed by atoms with van der Waals surface area (Å²) in [6.07, 6.45) is -14.6. The molecule has 0 aliphatic carbocycles. The van der Waals surface area contributed by atoms with E-state index in [1.54, 1.807) is 6.92 Å². The second-order valence-electron chi connectivity index (χ2n) is 6.14. The highest BCUT2D eigenvalue weighted by Crippen LogP contribution is 2.33. The molecule has 0 saturated carbocycles. The molecule has 0 fully saturated rings. The van der Waals surface area contributed by atoms with Crippen molar-refractivity contribution < 1.29 is 61.5 Å². The highest BCUT2D eigenvalue weighted by molar-refractivity contribution is 4.67. The van der Waals surface area contributed by atoms with E-state index in [1.807, 2.05) is 0 Å². The summed E-state index contributed by atoms with van der Waals surface area (Å²) in [4.78, 5) is 0. The van der Waals surface area contributed by atoms with Gasteiger partial charge in [0.1, 0.15) is 6.67 Å². The first-order valence-corrected chi connectivity index (χ1v) is 9.42. The fraction of sp³-hybridized carbons (Fsp3) is 1.00. The molecule has 14 heteroatoms. The second-order valence-corrected chi connectivity index (χ2v) is 6.14. The Labute approximate surface area is 178 Å². The molecular weight excluding hydrogens is 482 g/mol. The van der Waals surface area contributed by atoms with Crippen LogP contribution in [-0.4, -0.2) is 52.4 Å². The first-order valence-electron chi connectivity index (χ1n) is 9.42. The maximum atomic E-state index is 12.1. The monoisotopic (exact) mass is 512 g/mol. The Bertz CT molecular complexity index is 362. The van der Waals surface area contributed by atoms with Crippen LogP contribution in [0.25, 0.3) is 0 Å². The zero-order valence-corrected chi connectivity index (χ0v) is 17.7. The molecule has 0 aromatic carbocycles. The zero-order chi connectivity index (χ0) is 26.4. The van der Waals surface area contributed by atoms with Gasteiger partial charge >= 0.3 is 18.5 Å². The Balaban J connectivity index is -0.000000180. The number of hydrogen-bond donors (Lipinski definition) is 0. The number of halogens is 14. The van der Waals surface area contributed by atoms with E-state index < -0.39 is 76.3 Å². The first kappa shape index (κ1) is 38.3. The van der Waals surface area contributed by atoms with Gasteiger partial charge in [-0.1, -0.05) is 13.3 Å². The van der Waals surface area contributed by atoms with Crippen molar-refractivity contribution in [1.82, 2.24) is 0 Å². The third-order valence-corrected chi connectivity index (χ3v) is 3.49. The van der Waals surface area contributed by atoms with E-state index in [9.17, 15) is 61.5 Å². The smallest absolute Gasteiger partial charge is 0.255 e. The molecule has 0 amide bonds. The predicted octanol–water partition coefficient (Wildman–Crippen LogP) is 9.09. The van der Waals surface area contributed by atoms with Crippen molar-refractivity contribution in [3.63, 3.8) is 0 Å². The van der Waals surface area contributed by atoms with E-state index in [1.165, 1.54) is 0 Å². The van der Waals surface area contributed by atoms with Crippen LogP contribution < -0.4 is 0 Å². The van der Waals surface area contributed by atoms with Crippen LogP contribution in [0.1, 0.15) is 51.9 Å². The minimum absolute atomic E-state index is 0.0180. The molecule has 0 N–H and O–H groups in total. The van der Waals surface area contributed by atoms with Crippen LogP contribution in [-0.2, 0) is 0 Å². The van der Waals surface area contributed by atoms with Crippen LogP contribution in [0, 0.1) is 11.8 Å². The number of rotatable bonds is 10. The molecule has 2 unspecified atom stereocenters. The predicted molar refractivity (Wildman–Crippen MR) is 94.1 cm³/mol. The average molecular weight is 512 g/mol. The Hall–Kier alpha value is -0.980. The van der Waals surface area contributed by atoms with Crippen molar-refractivity contribution in [2.75, 3.05) is 33.9 Å². The molecule has 0 spiro atoms. The van der Waals surface area contributed by atoms with Crippen LogP contribution in [0.4, 0.5) is 61.5 Å². The maximum absolute atomic E-state index is 12.1. The Morgan fingerprint density at radius 1 is 0.562 bits per heavy atom. The van der Waals surface area contributed by atoms with Crippen molar-refractivity contribution in [3.8, 4) is 0 Å². The summed E-state index contributed by atoms with van der Waals surface area (Å²) in [6.45, 7) is -2.51. The van der Waals surface area contributed by atoms with Gasteiger partial charge in [-0.3, -0.25) is 22.0 Å². The fourth-order valence-corrected chi connectivity index (χ4v) is 1.87. The third kappa shape index (κ3) is 29.0. The summed E-state index contributed by atoms with van der Waals surface area (Å²) in [7, 11) is 0.500. The number of alkyl halides is 14. The highest BCUT2D eigenvalue weighted by atomic mass is 19.4. The van der Waals surface area contributed by atoms with Gasteiger partial charge in [0.25, 0.3) is 0 Å². The lowest BCUT2D eigenvalue weighted by Crippen LogP contribution is -2.25. The third-order valence-electron chi connectivity index (χ3n) is 3.49. The van der Waals surface area contributed by atoms with Gasteiger partial charge in [0, 0.05) is 6.42 Å². The Morgan fingerprint density at radius 2 is 1.00 bits per heavy atom. The lowest BCUT2D eigenvalue weighted by Gasteiger charge is -2.18. The first-order chi connectivity index (χ1) is 14.6. The van der Waals surface area contributed by atoms with E-state index in [4.69, 9.17) is 0 Å². The number of hydrogen-bond acceptors (Lipinski definition) is 0. The van der Waals surface area contributed by atoms with Gasteiger partial charge in [0.2, 0.25) is 0 Å². The molecule has 0 radical (unpaired) electrons. The molecule has 2 atom stereocenters. The highest BCUT2D eigenvalue weighted by Gasteiger charge is 2.39. The SMILES string of the molecule is CCCC(CCCF)C(F)(F)F.CF.FCCC(CF)C(F)(F)F.FCCCC(F)(F)F. The second kappa shape index (κ2) is 21.8. The van der Waals surface area contributed by atoms with E-state index in [2.05, 4.69) is 0 Å². The normalized spacial score (nSPS) is 13.5. The lowest BCUT2D eigenvalue weighted by atomic mass is 9.98. The van der Waals surface area contributed by atoms with Crippen molar-refractivity contribution >= 4 is 0 Å². The molecule has 0 aliphatic rings. The van der Waals surface area contributed by atoms with Crippen LogP contribution in [0.2, 0.25) is 0 Å². The van der Waals surface area contributed by atoms with Crippen molar-refractivity contribution in [3.05, 3.63) is 0 Å². The van der Waals surface area contributed by atoms with Crippen molar-refractivity contribution in [2.24, 2.45) is 11.8 Å². The fourth-order valence-electron chi connectivity index (χ4n) is 1.87. The molecule has 32 heavy (non-hydrogen) atoms. The molecule has 0 heterocycles. The van der Waals surface area contributed by atoms with E-state index in [0.29, 0.717) is 13.6 Å². The largest absolute Gasteiger partial charge is 0.394 e. The van der Waals surface area contributed by atoms with Gasteiger partial charge in [-0.25, -0.2) is 0 Å². The average Bonchev–Trinajstić information content (AvgIpc) is 2.68. The van der Waals surface area contributed by atoms with Crippen molar-refractivity contribution in [1.29, 1.82) is 0 Å². The Kier molecular flexibility index (Phi) is 26.1. The molecule has 0 aliphatic heterocycles. The van der Waals surface area contributed by atoms with Crippen LogP contribution in [0.3, 0.4) is 0 Å². The zero-order valence-electron chi connectivity index (χ0n) is 17.7. The molecule has 0 rings (SSSR count). The minimum Gasteiger partial charge on any atom is -0.255 e. The molecule has 0 bridgehead atoms. The maximum Gasteiger partial charge on any atom is 0.394 e. The van der Waals surface area contributed by atoms with E-state index >= 15 is 0 Å². The van der Waals surface area contributed by atoms with Crippen LogP contribution in [0.15, 0.2) is 0 Å². The summed E-state index contributed by atoms with van der Waals surface area (Å²) in [5.41, 5.74) is 0. The quantitative estimate of drug-likeness (QED) is 0.256. The molecule has 0 nitrogen and oxygen atoms in total. The Morgan fingerprint density at radius 3 is 1.19 bits per heavy atom. The van der Waals surface area contributed by atoms with Gasteiger partial charge in [-0.05, 0) is 32.1 Å². The molecule has 200 valence electrons.